The number of aryl methyl sites for hydroxylation is 1. The zero-order valence-corrected chi connectivity index (χ0v) is 10.6. The third kappa shape index (κ3) is 5.48. The van der Waals surface area contributed by atoms with Crippen LogP contribution in [-0.4, -0.2) is 31.7 Å². The van der Waals surface area contributed by atoms with E-state index in [0.717, 1.165) is 19.6 Å². The summed E-state index contributed by atoms with van der Waals surface area (Å²) in [6, 6.07) is 10.7. The van der Waals surface area contributed by atoms with Gasteiger partial charge in [0.1, 0.15) is 0 Å². The molecule has 17 heavy (non-hydrogen) atoms. The Morgan fingerprint density at radius 1 is 1.24 bits per heavy atom. The Balaban J connectivity index is 2.52. The lowest BCUT2D eigenvalue weighted by Crippen LogP contribution is -2.27. The van der Waals surface area contributed by atoms with Gasteiger partial charge in [-0.15, -0.1) is 0 Å². The van der Waals surface area contributed by atoms with Gasteiger partial charge in [0.2, 0.25) is 0 Å². The first-order chi connectivity index (χ1) is 8.26. The SMILES string of the molecule is COCCN(CCC#N)Cc1ccc(C)cc1. The number of nitrogens with zero attached hydrogens (tertiary/aromatic N) is 2. The van der Waals surface area contributed by atoms with Crippen molar-refractivity contribution in [3.8, 4) is 6.07 Å². The van der Waals surface area contributed by atoms with E-state index >= 15 is 0 Å². The van der Waals surface area contributed by atoms with Crippen molar-refractivity contribution >= 4 is 0 Å². The standard InChI is InChI=1S/C14H20N2O/c1-13-4-6-14(7-5-13)12-16(9-3-8-15)10-11-17-2/h4-7H,3,9-12H2,1-2H3. The van der Waals surface area contributed by atoms with Gasteiger partial charge >= 0.3 is 0 Å². The van der Waals surface area contributed by atoms with Gasteiger partial charge in [0, 0.05) is 33.2 Å². The van der Waals surface area contributed by atoms with Crippen molar-refractivity contribution in [2.45, 2.75) is 19.9 Å². The smallest absolute Gasteiger partial charge is 0.0635 e. The summed E-state index contributed by atoms with van der Waals surface area (Å²) in [5.74, 6) is 0. The molecule has 0 bridgehead atoms. The highest BCUT2D eigenvalue weighted by Crippen LogP contribution is 2.07. The van der Waals surface area contributed by atoms with Crippen LogP contribution in [0, 0.1) is 18.3 Å². The highest BCUT2D eigenvalue weighted by Gasteiger charge is 2.05. The first-order valence-corrected chi connectivity index (χ1v) is 5.90. The Hall–Kier alpha value is -1.37. The lowest BCUT2D eigenvalue weighted by Gasteiger charge is -2.20. The average molecular weight is 232 g/mol. The van der Waals surface area contributed by atoms with Gasteiger partial charge in [-0.1, -0.05) is 29.8 Å². The summed E-state index contributed by atoms with van der Waals surface area (Å²) < 4.78 is 5.08. The largest absolute Gasteiger partial charge is 0.383 e. The van der Waals surface area contributed by atoms with Gasteiger partial charge < -0.3 is 4.74 Å². The molecule has 0 aliphatic rings. The molecule has 0 aromatic heterocycles. The zero-order chi connectivity index (χ0) is 12.5. The molecule has 0 heterocycles. The molecule has 1 aromatic carbocycles. The fraction of sp³-hybridized carbons (Fsp3) is 0.500. The van der Waals surface area contributed by atoms with Crippen LogP contribution >= 0.6 is 0 Å². The van der Waals surface area contributed by atoms with Crippen molar-refractivity contribution in [1.82, 2.24) is 4.90 Å². The van der Waals surface area contributed by atoms with Gasteiger partial charge in [0.15, 0.2) is 0 Å². The van der Waals surface area contributed by atoms with Crippen LogP contribution in [0.25, 0.3) is 0 Å². The third-order valence-corrected chi connectivity index (χ3v) is 2.68. The Bertz CT molecular complexity index is 353. The van der Waals surface area contributed by atoms with Gasteiger partial charge in [-0.25, -0.2) is 0 Å². The molecular formula is C14H20N2O. The number of hydrogen-bond donors (Lipinski definition) is 0. The molecule has 0 saturated heterocycles. The number of hydrogen-bond acceptors (Lipinski definition) is 3. The van der Waals surface area contributed by atoms with Crippen LogP contribution in [0.4, 0.5) is 0 Å². The molecule has 0 saturated carbocycles. The van der Waals surface area contributed by atoms with Crippen molar-refractivity contribution in [2.24, 2.45) is 0 Å². The molecular weight excluding hydrogens is 212 g/mol. The quantitative estimate of drug-likeness (QED) is 0.724. The minimum atomic E-state index is 0.565. The van der Waals surface area contributed by atoms with Gasteiger partial charge in [0.05, 0.1) is 12.7 Å². The molecule has 92 valence electrons. The van der Waals surface area contributed by atoms with E-state index in [9.17, 15) is 0 Å². The van der Waals surface area contributed by atoms with Gasteiger partial charge in [0.25, 0.3) is 0 Å². The summed E-state index contributed by atoms with van der Waals surface area (Å²) in [6.45, 7) is 5.34. The van der Waals surface area contributed by atoms with Crippen LogP contribution in [-0.2, 0) is 11.3 Å². The number of ether oxygens (including phenoxy) is 1. The van der Waals surface area contributed by atoms with Crippen LogP contribution in [0.5, 0.6) is 0 Å². The lowest BCUT2D eigenvalue weighted by atomic mass is 10.1. The summed E-state index contributed by atoms with van der Waals surface area (Å²) in [4.78, 5) is 2.25. The third-order valence-electron chi connectivity index (χ3n) is 2.68. The Labute approximate surface area is 104 Å². The molecule has 0 radical (unpaired) electrons. The van der Waals surface area contributed by atoms with Crippen LogP contribution in [0.3, 0.4) is 0 Å². The van der Waals surface area contributed by atoms with Crippen molar-refractivity contribution in [1.29, 1.82) is 5.26 Å². The molecule has 0 fully saturated rings. The molecule has 3 heteroatoms. The lowest BCUT2D eigenvalue weighted by molar-refractivity contribution is 0.145. The Kier molecular flexibility index (Phi) is 6.31. The maximum Gasteiger partial charge on any atom is 0.0635 e. The molecule has 1 aromatic rings. The molecule has 0 spiro atoms. The van der Waals surface area contributed by atoms with E-state index in [0.29, 0.717) is 13.0 Å². The zero-order valence-electron chi connectivity index (χ0n) is 10.6. The van der Waals surface area contributed by atoms with Gasteiger partial charge in [-0.3, -0.25) is 4.90 Å². The second-order valence-electron chi connectivity index (χ2n) is 4.16. The average Bonchev–Trinajstić information content (AvgIpc) is 2.35. The highest BCUT2D eigenvalue weighted by atomic mass is 16.5. The first kappa shape index (κ1) is 13.7. The van der Waals surface area contributed by atoms with Crippen molar-refractivity contribution < 1.29 is 4.74 Å². The fourth-order valence-electron chi connectivity index (χ4n) is 1.65. The summed E-state index contributed by atoms with van der Waals surface area (Å²) in [6.07, 6.45) is 0.565. The summed E-state index contributed by atoms with van der Waals surface area (Å²) in [5.41, 5.74) is 2.55. The van der Waals surface area contributed by atoms with E-state index in [1.165, 1.54) is 11.1 Å². The molecule has 0 aliphatic heterocycles. The van der Waals surface area contributed by atoms with Crippen molar-refractivity contribution in [3.63, 3.8) is 0 Å². The predicted octanol–water partition coefficient (Wildman–Crippen LogP) is 2.36. The van der Waals surface area contributed by atoms with Gasteiger partial charge in [-0.2, -0.15) is 5.26 Å². The fourth-order valence-corrected chi connectivity index (χ4v) is 1.65. The van der Waals surface area contributed by atoms with E-state index < -0.39 is 0 Å². The summed E-state index contributed by atoms with van der Waals surface area (Å²) >= 11 is 0. The molecule has 0 atom stereocenters. The Morgan fingerprint density at radius 2 is 1.94 bits per heavy atom. The minimum Gasteiger partial charge on any atom is -0.383 e. The van der Waals surface area contributed by atoms with Crippen LogP contribution in [0.2, 0.25) is 0 Å². The molecule has 3 nitrogen and oxygen atoms in total. The number of methoxy groups -OCH3 is 1. The molecule has 0 unspecified atom stereocenters. The predicted molar refractivity (Wildman–Crippen MR) is 68.6 cm³/mol. The molecule has 0 N–H and O–H groups in total. The minimum absolute atomic E-state index is 0.565. The second kappa shape index (κ2) is 7.83. The molecule has 0 amide bonds. The van der Waals surface area contributed by atoms with Crippen molar-refractivity contribution in [2.75, 3.05) is 26.8 Å². The summed E-state index contributed by atoms with van der Waals surface area (Å²) in [5, 5.41) is 8.64. The molecule has 1 rings (SSSR count). The number of benzene rings is 1. The van der Waals surface area contributed by atoms with Gasteiger partial charge in [-0.05, 0) is 12.5 Å². The van der Waals surface area contributed by atoms with Crippen LogP contribution < -0.4 is 0 Å². The maximum absolute atomic E-state index is 8.64. The Morgan fingerprint density at radius 3 is 2.53 bits per heavy atom. The second-order valence-corrected chi connectivity index (χ2v) is 4.16. The van der Waals surface area contributed by atoms with E-state index in [2.05, 4.69) is 42.2 Å². The van der Waals surface area contributed by atoms with E-state index in [1.807, 2.05) is 0 Å². The van der Waals surface area contributed by atoms with E-state index in [4.69, 9.17) is 10.00 Å². The highest BCUT2D eigenvalue weighted by molar-refractivity contribution is 5.21. The summed E-state index contributed by atoms with van der Waals surface area (Å²) in [7, 11) is 1.70. The number of rotatable bonds is 7. The van der Waals surface area contributed by atoms with Crippen LogP contribution in [0.15, 0.2) is 24.3 Å². The monoisotopic (exact) mass is 232 g/mol. The van der Waals surface area contributed by atoms with Crippen molar-refractivity contribution in [3.05, 3.63) is 35.4 Å². The first-order valence-electron chi connectivity index (χ1n) is 5.90. The number of nitriles is 1. The van der Waals surface area contributed by atoms with E-state index in [1.54, 1.807) is 7.11 Å². The molecule has 0 aliphatic carbocycles. The normalized spacial score (nSPS) is 10.5. The topological polar surface area (TPSA) is 36.3 Å². The maximum atomic E-state index is 8.64. The van der Waals surface area contributed by atoms with Crippen LogP contribution in [0.1, 0.15) is 17.5 Å². The van der Waals surface area contributed by atoms with E-state index in [-0.39, 0.29) is 0 Å².